The Hall–Kier alpha value is -2.49. The van der Waals surface area contributed by atoms with Gasteiger partial charge in [-0.15, -0.1) is 0 Å². The molecule has 1 saturated heterocycles. The highest BCUT2D eigenvalue weighted by molar-refractivity contribution is 5.33. The third kappa shape index (κ3) is 5.51. The summed E-state index contributed by atoms with van der Waals surface area (Å²) in [6.45, 7) is 5.03. The highest BCUT2D eigenvalue weighted by Gasteiger charge is 2.29. The van der Waals surface area contributed by atoms with Crippen molar-refractivity contribution < 1.29 is 9.13 Å². The van der Waals surface area contributed by atoms with E-state index >= 15 is 0 Å². The van der Waals surface area contributed by atoms with Gasteiger partial charge in [-0.3, -0.25) is 0 Å². The van der Waals surface area contributed by atoms with Gasteiger partial charge in [-0.1, -0.05) is 18.2 Å². The van der Waals surface area contributed by atoms with Crippen molar-refractivity contribution in [3.63, 3.8) is 0 Å². The van der Waals surface area contributed by atoms with E-state index < -0.39 is 5.95 Å². The fourth-order valence-electron chi connectivity index (χ4n) is 3.63. The third-order valence-electron chi connectivity index (χ3n) is 5.27. The van der Waals surface area contributed by atoms with E-state index in [-0.39, 0.29) is 18.0 Å². The molecule has 1 aliphatic rings. The van der Waals surface area contributed by atoms with Gasteiger partial charge in [-0.2, -0.15) is 14.6 Å². The summed E-state index contributed by atoms with van der Waals surface area (Å²) in [5.74, 6) is 0.0279. The monoisotopic (exact) mass is 382 g/mol. The lowest BCUT2D eigenvalue weighted by Gasteiger charge is -2.36. The van der Waals surface area contributed by atoms with Gasteiger partial charge in [-0.25, -0.2) is 0 Å². The van der Waals surface area contributed by atoms with Crippen LogP contribution in [0.3, 0.4) is 0 Å². The Kier molecular flexibility index (Phi) is 6.96. The Morgan fingerprint density at radius 2 is 1.96 bits per heavy atom. The molecule has 148 valence electrons. The normalized spacial score (nSPS) is 17.6. The summed E-state index contributed by atoms with van der Waals surface area (Å²) in [7, 11) is 0. The van der Waals surface area contributed by atoms with Crippen LogP contribution in [0.15, 0.2) is 42.5 Å². The molecule has 28 heavy (non-hydrogen) atoms. The maximum atomic E-state index is 13.5. The number of hydrogen-bond acceptors (Lipinski definition) is 5. The molecule has 1 aliphatic heterocycles. The molecule has 0 bridgehead atoms. The molecule has 2 unspecified atom stereocenters. The average molecular weight is 382 g/mol. The quantitative estimate of drug-likeness (QED) is 0.740. The lowest BCUT2D eigenvalue weighted by molar-refractivity contribution is 0.0717. The van der Waals surface area contributed by atoms with Gasteiger partial charge in [0.05, 0.1) is 11.6 Å². The van der Waals surface area contributed by atoms with E-state index in [1.165, 1.54) is 6.07 Å². The van der Waals surface area contributed by atoms with Crippen molar-refractivity contribution in [1.29, 1.82) is 5.26 Å². The van der Waals surface area contributed by atoms with Crippen LogP contribution in [0.5, 0.6) is 5.88 Å². The van der Waals surface area contributed by atoms with Crippen molar-refractivity contribution in [1.82, 2.24) is 9.88 Å². The molecular weight excluding hydrogens is 355 g/mol. The number of nitrogens with zero attached hydrogens (tertiary/aromatic N) is 3. The molecule has 0 spiro atoms. The van der Waals surface area contributed by atoms with E-state index in [0.29, 0.717) is 11.5 Å². The first-order valence-electron chi connectivity index (χ1n) is 9.82. The first kappa shape index (κ1) is 20.2. The van der Waals surface area contributed by atoms with Crippen LogP contribution in [-0.2, 0) is 0 Å². The van der Waals surface area contributed by atoms with Gasteiger partial charge < -0.3 is 15.4 Å². The number of piperidine rings is 1. The molecule has 0 aliphatic carbocycles. The number of ether oxygens (including phenoxy) is 1. The van der Waals surface area contributed by atoms with Crippen molar-refractivity contribution in [3.05, 3.63) is 59.5 Å². The summed E-state index contributed by atoms with van der Waals surface area (Å²) >= 11 is 0. The molecule has 1 aromatic carbocycles. The SMILES string of the molecule is CC(N)CCN1CCC(C(Oc2cccc(F)n2)c2ccc(C#N)cc2)CC1. The maximum absolute atomic E-state index is 13.5. The standard InChI is InChI=1S/C22H27FN4O/c1-16(25)9-12-27-13-10-19(11-14-27)22(18-7-5-17(15-24)6-8-18)28-21-4-2-3-20(23)26-21/h2-8,16,19,22H,9-14,25H2,1H3. The van der Waals surface area contributed by atoms with Crippen molar-refractivity contribution in [2.24, 2.45) is 11.7 Å². The molecule has 2 heterocycles. The molecule has 0 radical (unpaired) electrons. The minimum atomic E-state index is -0.554. The Morgan fingerprint density at radius 3 is 2.57 bits per heavy atom. The van der Waals surface area contributed by atoms with E-state index in [2.05, 4.69) is 16.0 Å². The number of likely N-dealkylation sites (tertiary alicyclic amines) is 1. The number of nitriles is 1. The summed E-state index contributed by atoms with van der Waals surface area (Å²) < 4.78 is 19.7. The number of rotatable bonds is 7. The number of nitrogens with two attached hydrogens (primary N) is 1. The van der Waals surface area contributed by atoms with Gasteiger partial charge in [0.1, 0.15) is 6.10 Å². The van der Waals surface area contributed by atoms with Crippen molar-refractivity contribution in [2.75, 3.05) is 19.6 Å². The highest BCUT2D eigenvalue weighted by atomic mass is 19.1. The van der Waals surface area contributed by atoms with E-state index in [0.717, 1.165) is 44.5 Å². The van der Waals surface area contributed by atoms with E-state index in [1.807, 2.05) is 19.1 Å². The summed E-state index contributed by atoms with van der Waals surface area (Å²) in [4.78, 5) is 6.31. The average Bonchev–Trinajstić information content (AvgIpc) is 2.71. The summed E-state index contributed by atoms with van der Waals surface area (Å²) in [5, 5.41) is 9.05. The number of hydrogen-bond donors (Lipinski definition) is 1. The fourth-order valence-corrected chi connectivity index (χ4v) is 3.63. The van der Waals surface area contributed by atoms with Gasteiger partial charge in [0.25, 0.3) is 0 Å². The molecule has 0 amide bonds. The molecule has 1 aromatic heterocycles. The Morgan fingerprint density at radius 1 is 1.25 bits per heavy atom. The lowest BCUT2D eigenvalue weighted by Crippen LogP contribution is -2.38. The second kappa shape index (κ2) is 9.63. The summed E-state index contributed by atoms with van der Waals surface area (Å²) in [6.07, 6.45) is 2.74. The molecule has 5 nitrogen and oxygen atoms in total. The summed E-state index contributed by atoms with van der Waals surface area (Å²) in [5.41, 5.74) is 7.47. The van der Waals surface area contributed by atoms with E-state index in [9.17, 15) is 4.39 Å². The second-order valence-corrected chi connectivity index (χ2v) is 7.52. The molecule has 3 rings (SSSR count). The van der Waals surface area contributed by atoms with Gasteiger partial charge in [-0.05, 0) is 69.6 Å². The topological polar surface area (TPSA) is 75.2 Å². The van der Waals surface area contributed by atoms with Crippen LogP contribution in [0.2, 0.25) is 0 Å². The zero-order chi connectivity index (χ0) is 19.9. The maximum Gasteiger partial charge on any atom is 0.216 e. The molecule has 2 atom stereocenters. The second-order valence-electron chi connectivity index (χ2n) is 7.52. The fraction of sp³-hybridized carbons (Fsp3) is 0.455. The predicted molar refractivity (Wildman–Crippen MR) is 106 cm³/mol. The smallest absolute Gasteiger partial charge is 0.216 e. The van der Waals surface area contributed by atoms with Crippen LogP contribution in [0.1, 0.15) is 43.4 Å². The lowest BCUT2D eigenvalue weighted by atomic mass is 9.87. The first-order chi connectivity index (χ1) is 13.5. The number of aromatic nitrogens is 1. The molecule has 2 aromatic rings. The largest absolute Gasteiger partial charge is 0.469 e. The van der Waals surface area contributed by atoms with Crippen LogP contribution in [-0.4, -0.2) is 35.6 Å². The van der Waals surface area contributed by atoms with E-state index in [1.54, 1.807) is 24.3 Å². The first-order valence-corrected chi connectivity index (χ1v) is 9.82. The Balaban J connectivity index is 1.74. The number of benzene rings is 1. The molecule has 0 saturated carbocycles. The molecule has 2 N–H and O–H groups in total. The van der Waals surface area contributed by atoms with Crippen LogP contribution in [0, 0.1) is 23.2 Å². The van der Waals surface area contributed by atoms with Crippen LogP contribution >= 0.6 is 0 Å². The zero-order valence-electron chi connectivity index (χ0n) is 16.2. The third-order valence-corrected chi connectivity index (χ3v) is 5.27. The van der Waals surface area contributed by atoms with Crippen molar-refractivity contribution in [2.45, 2.75) is 38.3 Å². The van der Waals surface area contributed by atoms with Gasteiger partial charge in [0.2, 0.25) is 11.8 Å². The van der Waals surface area contributed by atoms with Gasteiger partial charge in [0, 0.05) is 18.0 Å². The summed E-state index contributed by atoms with van der Waals surface area (Å²) in [6, 6.07) is 14.4. The van der Waals surface area contributed by atoms with Crippen molar-refractivity contribution >= 4 is 0 Å². The number of halogens is 1. The highest BCUT2D eigenvalue weighted by Crippen LogP contribution is 2.34. The predicted octanol–water partition coefficient (Wildman–Crippen LogP) is 3.66. The minimum Gasteiger partial charge on any atom is -0.469 e. The van der Waals surface area contributed by atoms with Gasteiger partial charge in [0.15, 0.2) is 0 Å². The molecular formula is C22H27FN4O. The van der Waals surface area contributed by atoms with Gasteiger partial charge >= 0.3 is 0 Å². The zero-order valence-corrected chi connectivity index (χ0v) is 16.2. The van der Waals surface area contributed by atoms with Crippen LogP contribution in [0.25, 0.3) is 0 Å². The Labute approximate surface area is 165 Å². The van der Waals surface area contributed by atoms with E-state index in [4.69, 9.17) is 15.7 Å². The van der Waals surface area contributed by atoms with Crippen molar-refractivity contribution in [3.8, 4) is 11.9 Å². The molecule has 6 heteroatoms. The molecule has 1 fully saturated rings. The Bertz CT molecular complexity index is 795. The van der Waals surface area contributed by atoms with Crippen LogP contribution < -0.4 is 10.5 Å². The minimum absolute atomic E-state index is 0.214. The number of pyridine rings is 1. The van der Waals surface area contributed by atoms with Crippen LogP contribution in [0.4, 0.5) is 4.39 Å².